The molecule has 26 heavy (non-hydrogen) atoms. The van der Waals surface area contributed by atoms with Crippen molar-refractivity contribution in [2.24, 2.45) is 5.92 Å². The van der Waals surface area contributed by atoms with E-state index in [1.807, 2.05) is 0 Å². The van der Waals surface area contributed by atoms with Crippen LogP contribution in [0.2, 0.25) is 0 Å². The highest BCUT2D eigenvalue weighted by molar-refractivity contribution is 7.89. The number of hydrogen-bond donors (Lipinski definition) is 2. The van der Waals surface area contributed by atoms with E-state index in [2.05, 4.69) is 12.2 Å². The number of quaternary nitrogens is 1. The average Bonchev–Trinajstić information content (AvgIpc) is 2.63. The SMILES string of the molecule is C[C@H]1CCC[NH+](CC(=O)Nc2ccc(S(=O)(=O)N3CCCCC3)cc2)C1. The predicted octanol–water partition coefficient (Wildman–Crippen LogP) is 1.11. The van der Waals surface area contributed by atoms with Crippen LogP contribution in [0.15, 0.2) is 29.2 Å². The Hall–Kier alpha value is -1.44. The van der Waals surface area contributed by atoms with E-state index in [0.717, 1.165) is 32.4 Å². The van der Waals surface area contributed by atoms with Crippen molar-refractivity contribution in [1.82, 2.24) is 4.31 Å². The number of carbonyl (C=O) groups excluding carboxylic acids is 1. The maximum absolute atomic E-state index is 12.6. The fraction of sp³-hybridized carbons (Fsp3) is 0.632. The van der Waals surface area contributed by atoms with E-state index in [-0.39, 0.29) is 5.91 Å². The summed E-state index contributed by atoms with van der Waals surface area (Å²) in [5, 5.41) is 2.89. The van der Waals surface area contributed by atoms with Crippen LogP contribution >= 0.6 is 0 Å². The van der Waals surface area contributed by atoms with Gasteiger partial charge < -0.3 is 10.2 Å². The molecule has 2 atom stereocenters. The summed E-state index contributed by atoms with van der Waals surface area (Å²) in [6, 6.07) is 6.55. The molecule has 2 N–H and O–H groups in total. The van der Waals surface area contributed by atoms with Crippen LogP contribution in [0.3, 0.4) is 0 Å². The second-order valence-corrected chi connectivity index (χ2v) is 9.60. The normalized spacial score (nSPS) is 25.0. The second kappa shape index (κ2) is 8.50. The van der Waals surface area contributed by atoms with Gasteiger partial charge in [-0.3, -0.25) is 4.79 Å². The summed E-state index contributed by atoms with van der Waals surface area (Å²) in [5.74, 6) is 0.659. The van der Waals surface area contributed by atoms with Crippen LogP contribution in [-0.2, 0) is 14.8 Å². The molecule has 1 unspecified atom stereocenters. The van der Waals surface area contributed by atoms with Crippen LogP contribution in [-0.4, -0.2) is 51.4 Å². The van der Waals surface area contributed by atoms with Gasteiger partial charge in [-0.05, 0) is 49.9 Å². The van der Waals surface area contributed by atoms with Crippen LogP contribution in [0.25, 0.3) is 0 Å². The summed E-state index contributed by atoms with van der Waals surface area (Å²) in [6.07, 6.45) is 5.36. The summed E-state index contributed by atoms with van der Waals surface area (Å²) in [5.41, 5.74) is 0.650. The number of nitrogens with one attached hydrogen (secondary N) is 2. The number of sulfonamides is 1. The number of hydrogen-bond acceptors (Lipinski definition) is 3. The molecule has 1 aromatic rings. The number of nitrogens with zero attached hydrogens (tertiary/aromatic N) is 1. The van der Waals surface area contributed by atoms with Crippen molar-refractivity contribution < 1.29 is 18.1 Å². The third-order valence-corrected chi connectivity index (χ3v) is 7.28. The molecule has 1 aromatic carbocycles. The van der Waals surface area contributed by atoms with E-state index in [0.29, 0.717) is 36.1 Å². The molecule has 6 nitrogen and oxygen atoms in total. The van der Waals surface area contributed by atoms with Gasteiger partial charge in [0.1, 0.15) is 0 Å². The van der Waals surface area contributed by atoms with Crippen molar-refractivity contribution in [3.05, 3.63) is 24.3 Å². The number of carbonyl (C=O) groups is 1. The third-order valence-electron chi connectivity index (χ3n) is 5.37. The number of piperidine rings is 2. The van der Waals surface area contributed by atoms with Crippen molar-refractivity contribution >= 4 is 21.6 Å². The summed E-state index contributed by atoms with van der Waals surface area (Å²) >= 11 is 0. The zero-order valence-corrected chi connectivity index (χ0v) is 16.4. The van der Waals surface area contributed by atoms with Gasteiger partial charge >= 0.3 is 0 Å². The molecule has 0 bridgehead atoms. The maximum atomic E-state index is 12.6. The molecule has 0 radical (unpaired) electrons. The third kappa shape index (κ3) is 4.84. The Morgan fingerprint density at radius 1 is 1.15 bits per heavy atom. The highest BCUT2D eigenvalue weighted by Crippen LogP contribution is 2.21. The second-order valence-electron chi connectivity index (χ2n) is 7.67. The number of amides is 1. The van der Waals surface area contributed by atoms with E-state index in [1.54, 1.807) is 28.6 Å². The van der Waals surface area contributed by atoms with E-state index >= 15 is 0 Å². The molecule has 1 amide bonds. The standard InChI is InChI=1S/C19H29N3O3S/c1-16-6-5-11-21(14-16)15-19(23)20-17-7-9-18(10-8-17)26(24,25)22-12-3-2-4-13-22/h7-10,16H,2-6,11-15H2,1H3,(H,20,23)/p+1/t16-/m0/s1. The minimum absolute atomic E-state index is 0.0132. The molecule has 7 heteroatoms. The molecule has 2 aliphatic heterocycles. The molecular formula is C19H30N3O3S+. The summed E-state index contributed by atoms with van der Waals surface area (Å²) in [6.45, 7) is 5.98. The Morgan fingerprint density at radius 3 is 2.50 bits per heavy atom. The highest BCUT2D eigenvalue weighted by Gasteiger charge is 2.26. The molecule has 144 valence electrons. The molecule has 0 saturated carbocycles. The zero-order chi connectivity index (χ0) is 18.6. The minimum Gasteiger partial charge on any atom is -0.327 e. The van der Waals surface area contributed by atoms with Gasteiger partial charge in [-0.2, -0.15) is 4.31 Å². The smallest absolute Gasteiger partial charge is 0.279 e. The predicted molar refractivity (Wildman–Crippen MR) is 102 cm³/mol. The Labute approximate surface area is 156 Å². The monoisotopic (exact) mass is 380 g/mol. The van der Waals surface area contributed by atoms with Gasteiger partial charge in [0.05, 0.1) is 18.0 Å². The minimum atomic E-state index is -3.42. The lowest BCUT2D eigenvalue weighted by Crippen LogP contribution is -3.14. The van der Waals surface area contributed by atoms with Gasteiger partial charge in [0.25, 0.3) is 5.91 Å². The van der Waals surface area contributed by atoms with E-state index in [4.69, 9.17) is 0 Å². The molecule has 2 aliphatic rings. The van der Waals surface area contributed by atoms with Crippen LogP contribution in [0.1, 0.15) is 39.0 Å². The topological polar surface area (TPSA) is 70.9 Å². The van der Waals surface area contributed by atoms with Crippen molar-refractivity contribution in [3.8, 4) is 0 Å². The van der Waals surface area contributed by atoms with Gasteiger partial charge in [-0.1, -0.05) is 13.3 Å². The van der Waals surface area contributed by atoms with E-state index in [9.17, 15) is 13.2 Å². The van der Waals surface area contributed by atoms with Gasteiger partial charge in [-0.25, -0.2) is 8.42 Å². The highest BCUT2D eigenvalue weighted by atomic mass is 32.2. The molecule has 2 saturated heterocycles. The lowest BCUT2D eigenvalue weighted by atomic mass is 10.0. The molecule has 3 rings (SSSR count). The number of anilines is 1. The van der Waals surface area contributed by atoms with Gasteiger partial charge in [-0.15, -0.1) is 0 Å². The first-order valence-corrected chi connectivity index (χ1v) is 11.1. The first-order chi connectivity index (χ1) is 12.4. The number of rotatable bonds is 5. The van der Waals surface area contributed by atoms with Crippen LogP contribution in [0.4, 0.5) is 5.69 Å². The van der Waals surface area contributed by atoms with Crippen molar-refractivity contribution in [2.75, 3.05) is 38.0 Å². The van der Waals surface area contributed by atoms with Crippen LogP contribution in [0.5, 0.6) is 0 Å². The quantitative estimate of drug-likeness (QED) is 0.804. The Bertz CT molecular complexity index is 712. The fourth-order valence-electron chi connectivity index (χ4n) is 3.95. The lowest BCUT2D eigenvalue weighted by molar-refractivity contribution is -0.900. The molecule has 0 aliphatic carbocycles. The number of benzene rings is 1. The molecule has 2 fully saturated rings. The molecule has 0 aromatic heterocycles. The van der Waals surface area contributed by atoms with E-state index < -0.39 is 10.0 Å². The largest absolute Gasteiger partial charge is 0.327 e. The van der Waals surface area contributed by atoms with Crippen LogP contribution < -0.4 is 10.2 Å². The molecule has 0 spiro atoms. The van der Waals surface area contributed by atoms with Gasteiger partial charge in [0, 0.05) is 24.7 Å². The first-order valence-electron chi connectivity index (χ1n) is 9.69. The summed E-state index contributed by atoms with van der Waals surface area (Å²) < 4.78 is 26.9. The Morgan fingerprint density at radius 2 is 1.85 bits per heavy atom. The summed E-state index contributed by atoms with van der Waals surface area (Å²) in [7, 11) is -3.42. The van der Waals surface area contributed by atoms with Crippen LogP contribution in [0, 0.1) is 5.92 Å². The number of likely N-dealkylation sites (tertiary alicyclic amines) is 1. The van der Waals surface area contributed by atoms with Crippen molar-refractivity contribution in [3.63, 3.8) is 0 Å². The Kier molecular flexibility index (Phi) is 6.32. The maximum Gasteiger partial charge on any atom is 0.279 e. The summed E-state index contributed by atoms with van der Waals surface area (Å²) in [4.78, 5) is 13.9. The average molecular weight is 381 g/mol. The molecular weight excluding hydrogens is 350 g/mol. The molecule has 2 heterocycles. The Balaban J connectivity index is 1.57. The fourth-order valence-corrected chi connectivity index (χ4v) is 5.47. The van der Waals surface area contributed by atoms with Crippen molar-refractivity contribution in [1.29, 1.82) is 0 Å². The van der Waals surface area contributed by atoms with Gasteiger partial charge in [0.15, 0.2) is 6.54 Å². The first kappa shape index (κ1) is 19.3. The van der Waals surface area contributed by atoms with Gasteiger partial charge in [0.2, 0.25) is 10.0 Å². The van der Waals surface area contributed by atoms with Crippen molar-refractivity contribution in [2.45, 2.75) is 43.9 Å². The lowest BCUT2D eigenvalue weighted by Gasteiger charge is -2.27. The van der Waals surface area contributed by atoms with E-state index in [1.165, 1.54) is 17.7 Å². The zero-order valence-electron chi connectivity index (χ0n) is 15.5.